The number of nitrogens with zero attached hydrogens (tertiary/aromatic N) is 3. The van der Waals surface area contributed by atoms with Crippen LogP contribution in [0.25, 0.3) is 11.3 Å². The topological polar surface area (TPSA) is 91.8 Å². The van der Waals surface area contributed by atoms with Crippen molar-refractivity contribution in [1.29, 1.82) is 0 Å². The SMILES string of the molecule is CN1C(=O)C(c2ccc(O)cc2)(c2ccc(F)c(-c3cc(Cl)ccn3)c2)N=C1N. The van der Waals surface area contributed by atoms with Crippen LogP contribution in [0.4, 0.5) is 4.39 Å². The Morgan fingerprint density at radius 1 is 1.10 bits per heavy atom. The molecule has 4 rings (SSSR count). The first-order valence-electron chi connectivity index (χ1n) is 8.68. The normalized spacial score (nSPS) is 18.8. The lowest BCUT2D eigenvalue weighted by Gasteiger charge is -2.26. The molecule has 29 heavy (non-hydrogen) atoms. The summed E-state index contributed by atoms with van der Waals surface area (Å²) in [5.74, 6) is -0.824. The average molecular weight is 411 g/mol. The average Bonchev–Trinajstić information content (AvgIpc) is 2.94. The van der Waals surface area contributed by atoms with E-state index in [-0.39, 0.29) is 17.3 Å². The van der Waals surface area contributed by atoms with Gasteiger partial charge in [0, 0.05) is 23.8 Å². The molecular formula is C21H16ClFN4O2. The number of nitrogens with two attached hydrogens (primary N) is 1. The predicted octanol–water partition coefficient (Wildman–Crippen LogP) is 3.28. The Bertz CT molecular complexity index is 1150. The number of carbonyl (C=O) groups excluding carboxylic acids is 1. The van der Waals surface area contributed by atoms with Gasteiger partial charge in [-0.3, -0.25) is 14.7 Å². The number of phenolic OH excluding ortho intramolecular Hbond substituents is 1. The number of aliphatic imine (C=N–C) groups is 1. The zero-order chi connectivity index (χ0) is 20.8. The van der Waals surface area contributed by atoms with Crippen molar-refractivity contribution in [3.8, 4) is 17.0 Å². The maximum Gasteiger partial charge on any atom is 0.266 e. The number of guanidine groups is 1. The molecule has 0 spiro atoms. The molecule has 1 aromatic heterocycles. The molecule has 0 saturated heterocycles. The van der Waals surface area contributed by atoms with Crippen molar-refractivity contribution < 1.29 is 14.3 Å². The predicted molar refractivity (Wildman–Crippen MR) is 108 cm³/mol. The van der Waals surface area contributed by atoms with E-state index >= 15 is 0 Å². The second-order valence-corrected chi connectivity index (χ2v) is 7.08. The highest BCUT2D eigenvalue weighted by atomic mass is 35.5. The lowest BCUT2D eigenvalue weighted by molar-refractivity contribution is -0.129. The van der Waals surface area contributed by atoms with Gasteiger partial charge in [0.05, 0.1) is 5.69 Å². The zero-order valence-electron chi connectivity index (χ0n) is 15.3. The molecule has 2 heterocycles. The molecule has 2 aromatic carbocycles. The number of pyridine rings is 1. The standard InChI is InChI=1S/C21H16ClFN4O2/c1-27-19(29)21(26-20(27)24,12-2-5-15(28)6-3-12)13-4-7-17(23)16(10-13)18-11-14(22)8-9-25-18/h2-11,28H,1H3,(H2,24,26). The van der Waals surface area contributed by atoms with E-state index < -0.39 is 17.3 Å². The minimum absolute atomic E-state index is 0.0369. The third kappa shape index (κ3) is 3.00. The van der Waals surface area contributed by atoms with Gasteiger partial charge in [-0.2, -0.15) is 0 Å². The summed E-state index contributed by atoms with van der Waals surface area (Å²) in [4.78, 5) is 23.1. The van der Waals surface area contributed by atoms with Gasteiger partial charge >= 0.3 is 0 Å². The summed E-state index contributed by atoms with van der Waals surface area (Å²) in [6, 6.07) is 13.5. The molecule has 1 aliphatic rings. The Morgan fingerprint density at radius 3 is 2.41 bits per heavy atom. The van der Waals surface area contributed by atoms with Gasteiger partial charge < -0.3 is 10.8 Å². The molecule has 0 bridgehead atoms. The number of rotatable bonds is 3. The summed E-state index contributed by atoms with van der Waals surface area (Å²) in [7, 11) is 1.52. The van der Waals surface area contributed by atoms with E-state index in [9.17, 15) is 14.3 Å². The first-order valence-corrected chi connectivity index (χ1v) is 9.05. The Morgan fingerprint density at radius 2 is 1.79 bits per heavy atom. The highest BCUT2D eigenvalue weighted by Crippen LogP contribution is 2.41. The van der Waals surface area contributed by atoms with E-state index in [2.05, 4.69) is 9.98 Å². The molecule has 1 aliphatic heterocycles. The number of aromatic hydroxyl groups is 1. The summed E-state index contributed by atoms with van der Waals surface area (Å²) >= 11 is 6.03. The van der Waals surface area contributed by atoms with Crippen LogP contribution in [0.15, 0.2) is 65.8 Å². The molecule has 1 unspecified atom stereocenters. The van der Waals surface area contributed by atoms with Gasteiger partial charge in [0.15, 0.2) is 11.5 Å². The Kier molecular flexibility index (Phi) is 4.47. The van der Waals surface area contributed by atoms with Crippen molar-refractivity contribution in [2.75, 3.05) is 7.05 Å². The largest absolute Gasteiger partial charge is 0.508 e. The third-order valence-electron chi connectivity index (χ3n) is 4.91. The minimum Gasteiger partial charge on any atom is -0.508 e. The maximum atomic E-state index is 14.6. The number of hydrogen-bond acceptors (Lipinski definition) is 5. The fraction of sp³-hybridized carbons (Fsp3) is 0.0952. The van der Waals surface area contributed by atoms with E-state index in [4.69, 9.17) is 17.3 Å². The van der Waals surface area contributed by atoms with Gasteiger partial charge in [-0.25, -0.2) is 9.38 Å². The highest BCUT2D eigenvalue weighted by Gasteiger charge is 2.49. The number of likely N-dealkylation sites (N-methyl/N-ethyl adjacent to an activating group) is 1. The number of halogens is 2. The minimum atomic E-state index is -1.51. The van der Waals surface area contributed by atoms with Crippen molar-refractivity contribution in [2.24, 2.45) is 10.7 Å². The van der Waals surface area contributed by atoms with Crippen LogP contribution in [-0.4, -0.2) is 33.9 Å². The molecule has 8 heteroatoms. The van der Waals surface area contributed by atoms with Gasteiger partial charge in [0.1, 0.15) is 11.6 Å². The summed E-state index contributed by atoms with van der Waals surface area (Å²) in [6.07, 6.45) is 1.48. The molecule has 146 valence electrons. The van der Waals surface area contributed by atoms with Gasteiger partial charge in [-0.15, -0.1) is 0 Å². The smallest absolute Gasteiger partial charge is 0.266 e. The van der Waals surface area contributed by atoms with Crippen LogP contribution in [0, 0.1) is 5.82 Å². The van der Waals surface area contributed by atoms with Crippen molar-refractivity contribution in [3.63, 3.8) is 0 Å². The van der Waals surface area contributed by atoms with Crippen molar-refractivity contribution in [2.45, 2.75) is 5.54 Å². The van der Waals surface area contributed by atoms with E-state index in [1.54, 1.807) is 18.2 Å². The Labute approximate surface area is 171 Å². The van der Waals surface area contributed by atoms with Crippen molar-refractivity contribution in [3.05, 3.63) is 82.8 Å². The molecule has 0 aliphatic carbocycles. The van der Waals surface area contributed by atoms with Gasteiger partial charge in [0.25, 0.3) is 5.91 Å². The van der Waals surface area contributed by atoms with E-state index in [0.717, 1.165) is 0 Å². The third-order valence-corrected chi connectivity index (χ3v) is 5.14. The van der Waals surface area contributed by atoms with Crippen molar-refractivity contribution >= 4 is 23.5 Å². The van der Waals surface area contributed by atoms with Crippen LogP contribution in [0.3, 0.4) is 0 Å². The van der Waals surface area contributed by atoms with Crippen LogP contribution in [0.5, 0.6) is 5.75 Å². The summed E-state index contributed by atoms with van der Waals surface area (Å²) in [5, 5.41) is 10.1. The molecule has 1 atom stereocenters. The maximum absolute atomic E-state index is 14.6. The quantitative estimate of drug-likeness (QED) is 0.693. The number of amides is 1. The number of hydrogen-bond donors (Lipinski definition) is 2. The summed E-state index contributed by atoms with van der Waals surface area (Å²) in [6.45, 7) is 0. The fourth-order valence-electron chi connectivity index (χ4n) is 3.39. The van der Waals surface area contributed by atoms with Crippen LogP contribution in [-0.2, 0) is 10.3 Å². The van der Waals surface area contributed by atoms with E-state index in [0.29, 0.717) is 21.8 Å². The second kappa shape index (κ2) is 6.86. The molecular weight excluding hydrogens is 395 g/mol. The Balaban J connectivity index is 1.97. The molecule has 3 aromatic rings. The zero-order valence-corrected chi connectivity index (χ0v) is 16.1. The number of phenols is 1. The fourth-order valence-corrected chi connectivity index (χ4v) is 3.55. The highest BCUT2D eigenvalue weighted by molar-refractivity contribution is 6.30. The van der Waals surface area contributed by atoms with E-state index in [1.165, 1.54) is 54.5 Å². The molecule has 6 nitrogen and oxygen atoms in total. The number of carbonyl (C=O) groups is 1. The van der Waals surface area contributed by atoms with Crippen LogP contribution in [0.1, 0.15) is 11.1 Å². The molecule has 0 radical (unpaired) electrons. The molecule has 1 amide bonds. The lowest BCUT2D eigenvalue weighted by Crippen LogP contribution is -2.41. The number of aromatic nitrogens is 1. The van der Waals surface area contributed by atoms with Gasteiger partial charge in [-0.1, -0.05) is 29.8 Å². The first kappa shape index (κ1) is 18.9. The first-order chi connectivity index (χ1) is 13.8. The van der Waals surface area contributed by atoms with Gasteiger partial charge in [-0.05, 0) is 47.5 Å². The lowest BCUT2D eigenvalue weighted by atomic mass is 9.82. The van der Waals surface area contributed by atoms with E-state index in [1.807, 2.05) is 0 Å². The summed E-state index contributed by atoms with van der Waals surface area (Å²) in [5.41, 5.74) is 5.86. The molecule has 0 fully saturated rings. The van der Waals surface area contributed by atoms with Crippen LogP contribution in [0.2, 0.25) is 5.02 Å². The van der Waals surface area contributed by atoms with Crippen LogP contribution < -0.4 is 5.73 Å². The van der Waals surface area contributed by atoms with Crippen LogP contribution >= 0.6 is 11.6 Å². The Hall–Kier alpha value is -3.45. The monoisotopic (exact) mass is 410 g/mol. The van der Waals surface area contributed by atoms with Gasteiger partial charge in [0.2, 0.25) is 0 Å². The molecule has 3 N–H and O–H groups in total. The van der Waals surface area contributed by atoms with Crippen molar-refractivity contribution in [1.82, 2.24) is 9.88 Å². The second-order valence-electron chi connectivity index (χ2n) is 6.65. The number of benzene rings is 2. The molecule has 0 saturated carbocycles. The summed E-state index contributed by atoms with van der Waals surface area (Å²) < 4.78 is 14.6.